The van der Waals surface area contributed by atoms with Crippen LogP contribution in [0.2, 0.25) is 0 Å². The van der Waals surface area contributed by atoms with Crippen molar-refractivity contribution < 1.29 is 17.2 Å². The number of sulfonamides is 1. The lowest BCUT2D eigenvalue weighted by molar-refractivity contribution is 0.445. The third-order valence-corrected chi connectivity index (χ3v) is 5.77. The van der Waals surface area contributed by atoms with Crippen molar-refractivity contribution in [3.05, 3.63) is 53.7 Å². The maximum atomic E-state index is 13.7. The number of hydrazone groups is 1. The zero-order valence-corrected chi connectivity index (χ0v) is 15.5. The summed E-state index contributed by atoms with van der Waals surface area (Å²) < 4.78 is 52.8. The maximum absolute atomic E-state index is 13.7. The molecule has 0 saturated carbocycles. The average molecular weight is 382 g/mol. The number of hydrogen-bond donors (Lipinski definition) is 1. The number of hydrogen-bond acceptors (Lipinski definition) is 5. The first-order chi connectivity index (χ1) is 12.3. The fourth-order valence-electron chi connectivity index (χ4n) is 2.30. The molecule has 0 atom stereocenters. The SMILES string of the molecule is CCN(CC)S(=O)(=O)c1ccc(N/N=C(\C)c2ccc(F)cc2F)nc1. The summed E-state index contributed by atoms with van der Waals surface area (Å²) in [5.41, 5.74) is 3.08. The van der Waals surface area contributed by atoms with Gasteiger partial charge in [-0.05, 0) is 31.2 Å². The number of anilines is 1. The molecule has 0 amide bonds. The predicted molar refractivity (Wildman–Crippen MR) is 96.5 cm³/mol. The first-order valence-electron chi connectivity index (χ1n) is 8.01. The fourth-order valence-corrected chi connectivity index (χ4v) is 3.70. The molecule has 9 heteroatoms. The molecule has 0 aliphatic carbocycles. The molecule has 1 aromatic carbocycles. The minimum atomic E-state index is -3.58. The molecule has 1 N–H and O–H groups in total. The van der Waals surface area contributed by atoms with Crippen LogP contribution in [0.15, 0.2) is 46.5 Å². The molecule has 2 rings (SSSR count). The molecular weight excluding hydrogens is 362 g/mol. The summed E-state index contributed by atoms with van der Waals surface area (Å²) in [4.78, 5) is 4.10. The van der Waals surface area contributed by atoms with E-state index in [-0.39, 0.29) is 10.5 Å². The predicted octanol–water partition coefficient (Wildman–Crippen LogP) is 3.23. The van der Waals surface area contributed by atoms with Gasteiger partial charge in [-0.15, -0.1) is 0 Å². The second-order valence-electron chi connectivity index (χ2n) is 5.40. The fraction of sp³-hybridized carbons (Fsp3) is 0.294. The van der Waals surface area contributed by atoms with Crippen LogP contribution in [0.5, 0.6) is 0 Å². The van der Waals surface area contributed by atoms with E-state index >= 15 is 0 Å². The monoisotopic (exact) mass is 382 g/mol. The second-order valence-corrected chi connectivity index (χ2v) is 7.34. The molecule has 1 heterocycles. The molecule has 0 unspecified atom stereocenters. The smallest absolute Gasteiger partial charge is 0.244 e. The number of rotatable bonds is 7. The summed E-state index contributed by atoms with van der Waals surface area (Å²) in [7, 11) is -3.58. The van der Waals surface area contributed by atoms with E-state index in [1.54, 1.807) is 20.8 Å². The van der Waals surface area contributed by atoms with Gasteiger partial charge >= 0.3 is 0 Å². The van der Waals surface area contributed by atoms with Gasteiger partial charge in [-0.1, -0.05) is 13.8 Å². The van der Waals surface area contributed by atoms with E-state index in [2.05, 4.69) is 15.5 Å². The molecule has 0 saturated heterocycles. The lowest BCUT2D eigenvalue weighted by Gasteiger charge is -2.18. The standard InChI is InChI=1S/C17H20F2N4O2S/c1-4-23(5-2)26(24,25)14-7-9-17(20-11-14)22-21-12(3)15-8-6-13(18)10-16(15)19/h6-11H,4-5H2,1-3H3,(H,20,22)/b21-12+. The maximum Gasteiger partial charge on any atom is 0.244 e. The van der Waals surface area contributed by atoms with Crippen LogP contribution in [-0.4, -0.2) is 36.5 Å². The Morgan fingerprint density at radius 3 is 2.42 bits per heavy atom. The summed E-state index contributed by atoms with van der Waals surface area (Å²) in [6.07, 6.45) is 1.24. The third-order valence-electron chi connectivity index (χ3n) is 3.74. The Hall–Kier alpha value is -2.39. The van der Waals surface area contributed by atoms with Gasteiger partial charge in [0.05, 0.1) is 5.71 Å². The van der Waals surface area contributed by atoms with Gasteiger partial charge in [-0.3, -0.25) is 5.43 Å². The Morgan fingerprint density at radius 1 is 1.19 bits per heavy atom. The summed E-state index contributed by atoms with van der Waals surface area (Å²) in [6, 6.07) is 6.10. The lowest BCUT2D eigenvalue weighted by atomic mass is 10.1. The van der Waals surface area contributed by atoms with Crippen molar-refractivity contribution in [1.82, 2.24) is 9.29 Å². The Labute approximate surface area is 151 Å². The van der Waals surface area contributed by atoms with E-state index < -0.39 is 21.7 Å². The van der Waals surface area contributed by atoms with E-state index in [1.807, 2.05) is 0 Å². The van der Waals surface area contributed by atoms with Gasteiger partial charge in [0, 0.05) is 30.9 Å². The first-order valence-corrected chi connectivity index (χ1v) is 9.45. The Balaban J connectivity index is 2.17. The normalized spacial score (nSPS) is 12.5. The Morgan fingerprint density at radius 2 is 1.88 bits per heavy atom. The van der Waals surface area contributed by atoms with Gasteiger partial charge in [-0.2, -0.15) is 9.41 Å². The van der Waals surface area contributed by atoms with E-state index in [0.29, 0.717) is 24.6 Å². The molecule has 0 radical (unpaired) electrons. The van der Waals surface area contributed by atoms with E-state index in [4.69, 9.17) is 0 Å². The van der Waals surface area contributed by atoms with Gasteiger partial charge in [0.25, 0.3) is 0 Å². The number of aromatic nitrogens is 1. The van der Waals surface area contributed by atoms with E-state index in [0.717, 1.165) is 12.1 Å². The zero-order chi connectivity index (χ0) is 19.3. The molecule has 6 nitrogen and oxygen atoms in total. The highest BCUT2D eigenvalue weighted by molar-refractivity contribution is 7.89. The van der Waals surface area contributed by atoms with Crippen molar-refractivity contribution in [2.75, 3.05) is 18.5 Å². The number of benzene rings is 1. The Bertz CT molecular complexity index is 895. The Kier molecular flexibility index (Phi) is 6.38. The van der Waals surface area contributed by atoms with Crippen molar-refractivity contribution in [2.45, 2.75) is 25.7 Å². The zero-order valence-electron chi connectivity index (χ0n) is 14.7. The van der Waals surface area contributed by atoms with Gasteiger partial charge in [0.1, 0.15) is 22.3 Å². The van der Waals surface area contributed by atoms with Crippen LogP contribution in [0, 0.1) is 11.6 Å². The first kappa shape index (κ1) is 19.9. The van der Waals surface area contributed by atoms with Gasteiger partial charge in [-0.25, -0.2) is 22.2 Å². The molecule has 0 bridgehead atoms. The van der Waals surface area contributed by atoms with Crippen molar-refractivity contribution in [2.24, 2.45) is 5.10 Å². The summed E-state index contributed by atoms with van der Waals surface area (Å²) in [5.74, 6) is -1.09. The molecule has 0 aliphatic rings. The molecule has 1 aromatic heterocycles. The van der Waals surface area contributed by atoms with Crippen LogP contribution >= 0.6 is 0 Å². The van der Waals surface area contributed by atoms with Gasteiger partial charge in [0.15, 0.2) is 0 Å². The summed E-state index contributed by atoms with van der Waals surface area (Å²) >= 11 is 0. The topological polar surface area (TPSA) is 74.7 Å². The van der Waals surface area contributed by atoms with Crippen LogP contribution < -0.4 is 5.43 Å². The molecule has 140 valence electrons. The summed E-state index contributed by atoms with van der Waals surface area (Å²) in [5, 5.41) is 4.00. The van der Waals surface area contributed by atoms with Crippen LogP contribution in [-0.2, 0) is 10.0 Å². The third kappa shape index (κ3) is 4.41. The van der Waals surface area contributed by atoms with Gasteiger partial charge in [0.2, 0.25) is 10.0 Å². The van der Waals surface area contributed by atoms with Crippen LogP contribution in [0.3, 0.4) is 0 Å². The van der Waals surface area contributed by atoms with Crippen LogP contribution in [0.4, 0.5) is 14.6 Å². The lowest BCUT2D eigenvalue weighted by Crippen LogP contribution is -2.30. The molecule has 26 heavy (non-hydrogen) atoms. The second kappa shape index (κ2) is 8.33. The minimum absolute atomic E-state index is 0.0806. The van der Waals surface area contributed by atoms with Crippen LogP contribution in [0.1, 0.15) is 26.3 Å². The highest BCUT2D eigenvalue weighted by Crippen LogP contribution is 2.16. The molecule has 0 spiro atoms. The van der Waals surface area contributed by atoms with E-state index in [9.17, 15) is 17.2 Å². The highest BCUT2D eigenvalue weighted by atomic mass is 32.2. The van der Waals surface area contributed by atoms with E-state index in [1.165, 1.54) is 28.7 Å². The van der Waals surface area contributed by atoms with Crippen molar-refractivity contribution in [1.29, 1.82) is 0 Å². The van der Waals surface area contributed by atoms with Crippen molar-refractivity contribution in [3.8, 4) is 0 Å². The number of nitrogens with one attached hydrogen (secondary N) is 1. The van der Waals surface area contributed by atoms with Crippen LogP contribution in [0.25, 0.3) is 0 Å². The molecule has 0 fully saturated rings. The molecule has 0 aliphatic heterocycles. The quantitative estimate of drug-likeness (QED) is 0.589. The number of nitrogens with zero attached hydrogens (tertiary/aromatic N) is 3. The number of pyridine rings is 1. The highest BCUT2D eigenvalue weighted by Gasteiger charge is 2.21. The van der Waals surface area contributed by atoms with Crippen molar-refractivity contribution >= 4 is 21.6 Å². The number of halogens is 2. The molecular formula is C17H20F2N4O2S. The summed E-state index contributed by atoms with van der Waals surface area (Å²) in [6.45, 7) is 5.81. The largest absolute Gasteiger partial charge is 0.261 e. The van der Waals surface area contributed by atoms with Crippen molar-refractivity contribution in [3.63, 3.8) is 0 Å². The molecule has 2 aromatic rings. The minimum Gasteiger partial charge on any atom is -0.261 e. The van der Waals surface area contributed by atoms with Gasteiger partial charge < -0.3 is 0 Å². The average Bonchev–Trinajstić information content (AvgIpc) is 2.61.